The highest BCUT2D eigenvalue weighted by Gasteiger charge is 2.04. The Balaban J connectivity index is 2.02. The summed E-state index contributed by atoms with van der Waals surface area (Å²) in [5.41, 5.74) is 1.17. The number of furan rings is 1. The molecule has 1 unspecified atom stereocenters. The van der Waals surface area contributed by atoms with Gasteiger partial charge in [0.15, 0.2) is 0 Å². The molecular weight excluding hydrogens is 190 g/mol. The lowest BCUT2D eigenvalue weighted by Gasteiger charge is -2.11. The van der Waals surface area contributed by atoms with Crippen LogP contribution in [0, 0.1) is 0 Å². The molecule has 1 heterocycles. The van der Waals surface area contributed by atoms with Crippen LogP contribution in [0.2, 0.25) is 0 Å². The van der Waals surface area contributed by atoms with Crippen LogP contribution in [-0.4, -0.2) is 19.8 Å². The Bertz CT molecular complexity index is 257. The lowest BCUT2D eigenvalue weighted by molar-refractivity contribution is 0.138. The van der Waals surface area contributed by atoms with Gasteiger partial charge in [-0.3, -0.25) is 0 Å². The molecule has 0 saturated carbocycles. The van der Waals surface area contributed by atoms with E-state index in [2.05, 4.69) is 18.8 Å². The Labute approximate surface area is 91.1 Å². The van der Waals surface area contributed by atoms with Crippen molar-refractivity contribution >= 4 is 0 Å². The Hall–Kier alpha value is -1.06. The third-order valence-electron chi connectivity index (χ3n) is 2.21. The smallest absolute Gasteiger partial charge is 0.0950 e. The van der Waals surface area contributed by atoms with Gasteiger partial charge in [-0.05, 0) is 19.4 Å². The molecule has 0 aliphatic carbocycles. The van der Waals surface area contributed by atoms with E-state index in [1.54, 1.807) is 12.5 Å². The average molecular weight is 209 g/mol. The summed E-state index contributed by atoms with van der Waals surface area (Å²) in [6.45, 7) is 8.08. The van der Waals surface area contributed by atoms with Crippen LogP contribution < -0.4 is 5.32 Å². The van der Waals surface area contributed by atoms with Crippen LogP contribution in [0.3, 0.4) is 0 Å². The van der Waals surface area contributed by atoms with Gasteiger partial charge in [0, 0.05) is 18.2 Å². The first kappa shape index (κ1) is 12.0. The summed E-state index contributed by atoms with van der Waals surface area (Å²) in [5, 5.41) is 3.35. The van der Waals surface area contributed by atoms with Crippen molar-refractivity contribution in [1.82, 2.24) is 5.32 Å². The highest BCUT2D eigenvalue weighted by Crippen LogP contribution is 2.11. The van der Waals surface area contributed by atoms with Crippen molar-refractivity contribution in [3.05, 3.63) is 36.8 Å². The van der Waals surface area contributed by atoms with E-state index in [9.17, 15) is 0 Å². The zero-order valence-corrected chi connectivity index (χ0v) is 9.24. The van der Waals surface area contributed by atoms with Crippen LogP contribution in [0.4, 0.5) is 0 Å². The van der Waals surface area contributed by atoms with Gasteiger partial charge in [-0.15, -0.1) is 6.58 Å². The summed E-state index contributed by atoms with van der Waals surface area (Å²) in [5.74, 6) is 0. The van der Waals surface area contributed by atoms with Crippen LogP contribution in [0.1, 0.15) is 24.9 Å². The van der Waals surface area contributed by atoms with E-state index in [0.717, 1.165) is 26.2 Å². The van der Waals surface area contributed by atoms with E-state index < -0.39 is 0 Å². The summed E-state index contributed by atoms with van der Waals surface area (Å²) < 4.78 is 10.4. The molecule has 0 saturated heterocycles. The Morgan fingerprint density at radius 1 is 1.60 bits per heavy atom. The molecule has 1 atom stereocenters. The standard InChI is InChI=1S/C12H19NO2/c1-3-4-7-14-9-6-13-11(2)12-5-8-15-10-12/h3,5,8,10-11,13H,1,4,6-7,9H2,2H3. The number of hydrogen-bond acceptors (Lipinski definition) is 3. The van der Waals surface area contributed by atoms with Gasteiger partial charge in [0.1, 0.15) is 0 Å². The number of nitrogens with one attached hydrogen (secondary N) is 1. The topological polar surface area (TPSA) is 34.4 Å². The summed E-state index contributed by atoms with van der Waals surface area (Å²) in [6, 6.07) is 2.28. The maximum Gasteiger partial charge on any atom is 0.0950 e. The first-order chi connectivity index (χ1) is 7.34. The van der Waals surface area contributed by atoms with Gasteiger partial charge in [0.05, 0.1) is 25.7 Å². The Morgan fingerprint density at radius 3 is 3.13 bits per heavy atom. The van der Waals surface area contributed by atoms with E-state index in [0.29, 0.717) is 6.04 Å². The molecule has 0 radical (unpaired) electrons. The monoisotopic (exact) mass is 209 g/mol. The van der Waals surface area contributed by atoms with Crippen molar-refractivity contribution in [2.45, 2.75) is 19.4 Å². The summed E-state index contributed by atoms with van der Waals surface area (Å²) >= 11 is 0. The maximum absolute atomic E-state index is 5.38. The van der Waals surface area contributed by atoms with Crippen molar-refractivity contribution in [3.8, 4) is 0 Å². The zero-order valence-electron chi connectivity index (χ0n) is 9.24. The molecule has 0 fully saturated rings. The second-order valence-electron chi connectivity index (χ2n) is 3.42. The van der Waals surface area contributed by atoms with Crippen molar-refractivity contribution in [1.29, 1.82) is 0 Å². The Morgan fingerprint density at radius 2 is 2.47 bits per heavy atom. The molecule has 0 aliphatic heterocycles. The normalized spacial score (nSPS) is 12.6. The third-order valence-corrected chi connectivity index (χ3v) is 2.21. The van der Waals surface area contributed by atoms with Crippen LogP contribution in [0.25, 0.3) is 0 Å². The maximum atomic E-state index is 5.38. The SMILES string of the molecule is C=CCCOCCNC(C)c1ccoc1. The lowest BCUT2D eigenvalue weighted by Crippen LogP contribution is -2.23. The van der Waals surface area contributed by atoms with Crippen molar-refractivity contribution in [3.63, 3.8) is 0 Å². The molecule has 1 rings (SSSR count). The molecule has 3 heteroatoms. The molecule has 0 bridgehead atoms. The van der Waals surface area contributed by atoms with Crippen molar-refractivity contribution < 1.29 is 9.15 Å². The first-order valence-electron chi connectivity index (χ1n) is 5.28. The fraction of sp³-hybridized carbons (Fsp3) is 0.500. The minimum Gasteiger partial charge on any atom is -0.472 e. The largest absolute Gasteiger partial charge is 0.472 e. The first-order valence-corrected chi connectivity index (χ1v) is 5.28. The number of rotatable bonds is 8. The second-order valence-corrected chi connectivity index (χ2v) is 3.42. The van der Waals surface area contributed by atoms with E-state index in [4.69, 9.17) is 9.15 Å². The van der Waals surface area contributed by atoms with Gasteiger partial charge in [0.2, 0.25) is 0 Å². The van der Waals surface area contributed by atoms with Gasteiger partial charge in [-0.25, -0.2) is 0 Å². The van der Waals surface area contributed by atoms with Gasteiger partial charge < -0.3 is 14.5 Å². The van der Waals surface area contributed by atoms with Gasteiger partial charge in [-0.1, -0.05) is 6.08 Å². The molecule has 0 spiro atoms. The fourth-order valence-corrected chi connectivity index (χ4v) is 1.26. The van der Waals surface area contributed by atoms with E-state index in [1.807, 2.05) is 12.1 Å². The molecule has 1 N–H and O–H groups in total. The van der Waals surface area contributed by atoms with Crippen LogP contribution in [0.5, 0.6) is 0 Å². The molecule has 15 heavy (non-hydrogen) atoms. The predicted octanol–water partition coefficient (Wildman–Crippen LogP) is 2.52. The molecular formula is C12H19NO2. The molecule has 1 aromatic rings. The second kappa shape index (κ2) is 7.26. The molecule has 1 aromatic heterocycles. The van der Waals surface area contributed by atoms with Gasteiger partial charge >= 0.3 is 0 Å². The summed E-state index contributed by atoms with van der Waals surface area (Å²) in [4.78, 5) is 0. The van der Waals surface area contributed by atoms with Crippen molar-refractivity contribution in [2.75, 3.05) is 19.8 Å². The Kier molecular flexibility index (Phi) is 5.81. The van der Waals surface area contributed by atoms with Gasteiger partial charge in [-0.2, -0.15) is 0 Å². The lowest BCUT2D eigenvalue weighted by atomic mass is 10.2. The average Bonchev–Trinajstić information content (AvgIpc) is 2.76. The van der Waals surface area contributed by atoms with E-state index in [-0.39, 0.29) is 0 Å². The minimum absolute atomic E-state index is 0.312. The zero-order chi connectivity index (χ0) is 10.9. The quantitative estimate of drug-likeness (QED) is 0.527. The van der Waals surface area contributed by atoms with E-state index >= 15 is 0 Å². The number of hydrogen-bond donors (Lipinski definition) is 1. The van der Waals surface area contributed by atoms with Gasteiger partial charge in [0.25, 0.3) is 0 Å². The third kappa shape index (κ3) is 4.81. The fourth-order valence-electron chi connectivity index (χ4n) is 1.26. The molecule has 0 aromatic carbocycles. The van der Waals surface area contributed by atoms with Crippen molar-refractivity contribution in [2.24, 2.45) is 0 Å². The molecule has 0 amide bonds. The predicted molar refractivity (Wildman–Crippen MR) is 60.8 cm³/mol. The van der Waals surface area contributed by atoms with E-state index in [1.165, 1.54) is 5.56 Å². The van der Waals surface area contributed by atoms with Crippen LogP contribution >= 0.6 is 0 Å². The van der Waals surface area contributed by atoms with Crippen LogP contribution in [-0.2, 0) is 4.74 Å². The minimum atomic E-state index is 0.312. The highest BCUT2D eigenvalue weighted by molar-refractivity contribution is 5.09. The molecule has 3 nitrogen and oxygen atoms in total. The summed E-state index contributed by atoms with van der Waals surface area (Å²) in [7, 11) is 0. The number of ether oxygens (including phenoxy) is 1. The highest BCUT2D eigenvalue weighted by atomic mass is 16.5. The molecule has 0 aliphatic rings. The molecule has 84 valence electrons. The van der Waals surface area contributed by atoms with Crippen LogP contribution in [0.15, 0.2) is 35.7 Å². The summed E-state index contributed by atoms with van der Waals surface area (Å²) in [6.07, 6.45) is 6.23.